The van der Waals surface area contributed by atoms with Gasteiger partial charge in [-0.3, -0.25) is 4.79 Å². The highest BCUT2D eigenvalue weighted by Crippen LogP contribution is 2.19. The summed E-state index contributed by atoms with van der Waals surface area (Å²) in [6, 6.07) is 2.84. The maximum absolute atomic E-state index is 12.4. The molecule has 18 heavy (non-hydrogen) atoms. The zero-order chi connectivity index (χ0) is 13.1. The predicted octanol–water partition coefficient (Wildman–Crippen LogP) is 1.49. The zero-order valence-electron chi connectivity index (χ0n) is 10.5. The molecule has 1 aliphatic heterocycles. The Bertz CT molecular complexity index is 453. The molecule has 5 nitrogen and oxygen atoms in total. The highest BCUT2D eigenvalue weighted by atomic mass is 16.4. The summed E-state index contributed by atoms with van der Waals surface area (Å²) in [5.41, 5.74) is 0.545. The van der Waals surface area contributed by atoms with Gasteiger partial charge >= 0.3 is 5.97 Å². The van der Waals surface area contributed by atoms with Gasteiger partial charge in [0.2, 0.25) is 0 Å². The van der Waals surface area contributed by atoms with Crippen LogP contribution in [0.4, 0.5) is 0 Å². The molecule has 0 bridgehead atoms. The van der Waals surface area contributed by atoms with Crippen molar-refractivity contribution in [1.82, 2.24) is 9.47 Å². The second-order valence-electron chi connectivity index (χ2n) is 4.71. The Morgan fingerprint density at radius 2 is 2.11 bits per heavy atom. The molecule has 1 aromatic rings. The lowest BCUT2D eigenvalue weighted by atomic mass is 10.1. The molecule has 0 radical (unpaired) electrons. The van der Waals surface area contributed by atoms with Gasteiger partial charge in [-0.2, -0.15) is 0 Å². The van der Waals surface area contributed by atoms with Gasteiger partial charge in [0.15, 0.2) is 0 Å². The molecular formula is C13H18N2O3. The van der Waals surface area contributed by atoms with E-state index in [1.165, 1.54) is 4.90 Å². The van der Waals surface area contributed by atoms with E-state index in [0.717, 1.165) is 19.3 Å². The van der Waals surface area contributed by atoms with Gasteiger partial charge in [0.1, 0.15) is 11.7 Å². The Kier molecular flexibility index (Phi) is 3.69. The molecule has 0 spiro atoms. The number of carbonyl (C=O) groups is 2. The molecule has 0 saturated carbocycles. The van der Waals surface area contributed by atoms with Gasteiger partial charge in [-0.1, -0.05) is 12.8 Å². The summed E-state index contributed by atoms with van der Waals surface area (Å²) in [5, 5.41) is 9.25. The maximum Gasteiger partial charge on any atom is 0.326 e. The van der Waals surface area contributed by atoms with E-state index in [0.29, 0.717) is 18.7 Å². The van der Waals surface area contributed by atoms with Gasteiger partial charge in [-0.05, 0) is 25.0 Å². The minimum atomic E-state index is -0.903. The van der Waals surface area contributed by atoms with Crippen molar-refractivity contribution in [2.75, 3.05) is 6.54 Å². The third-order valence-corrected chi connectivity index (χ3v) is 3.46. The first-order valence-corrected chi connectivity index (χ1v) is 6.26. The van der Waals surface area contributed by atoms with E-state index in [1.54, 1.807) is 29.9 Å². The van der Waals surface area contributed by atoms with Crippen molar-refractivity contribution in [2.45, 2.75) is 31.7 Å². The number of carbonyl (C=O) groups excluding carboxylic acids is 1. The van der Waals surface area contributed by atoms with Crippen molar-refractivity contribution in [3.8, 4) is 0 Å². The van der Waals surface area contributed by atoms with Gasteiger partial charge in [-0.15, -0.1) is 0 Å². The molecule has 1 amide bonds. The SMILES string of the molecule is Cn1cccc1C(=O)N1CCCCCC1C(=O)O. The summed E-state index contributed by atoms with van der Waals surface area (Å²) in [4.78, 5) is 25.2. The fourth-order valence-corrected chi connectivity index (χ4v) is 2.44. The molecular weight excluding hydrogens is 232 g/mol. The minimum absolute atomic E-state index is 0.184. The molecule has 2 rings (SSSR count). The molecule has 2 heterocycles. The largest absolute Gasteiger partial charge is 0.480 e. The molecule has 1 fully saturated rings. The minimum Gasteiger partial charge on any atom is -0.480 e. The second-order valence-corrected chi connectivity index (χ2v) is 4.71. The number of likely N-dealkylation sites (tertiary alicyclic amines) is 1. The molecule has 1 aromatic heterocycles. The summed E-state index contributed by atoms with van der Waals surface area (Å²) < 4.78 is 1.73. The van der Waals surface area contributed by atoms with Crippen LogP contribution in [0.1, 0.15) is 36.2 Å². The lowest BCUT2D eigenvalue weighted by Gasteiger charge is -2.27. The topological polar surface area (TPSA) is 62.5 Å². The Morgan fingerprint density at radius 1 is 1.33 bits per heavy atom. The summed E-state index contributed by atoms with van der Waals surface area (Å²) in [7, 11) is 1.79. The Labute approximate surface area is 106 Å². The van der Waals surface area contributed by atoms with E-state index in [-0.39, 0.29) is 5.91 Å². The second kappa shape index (κ2) is 5.25. The lowest BCUT2D eigenvalue weighted by molar-refractivity contribution is -0.142. The van der Waals surface area contributed by atoms with Crippen LogP contribution in [0.15, 0.2) is 18.3 Å². The highest BCUT2D eigenvalue weighted by molar-refractivity contribution is 5.95. The fourth-order valence-electron chi connectivity index (χ4n) is 2.44. The third kappa shape index (κ3) is 2.39. The number of aryl methyl sites for hydroxylation is 1. The molecule has 5 heteroatoms. The van der Waals surface area contributed by atoms with Crippen LogP contribution in [0.2, 0.25) is 0 Å². The zero-order valence-corrected chi connectivity index (χ0v) is 10.5. The standard InChI is InChI=1S/C13H18N2O3/c1-14-8-5-7-10(14)12(16)15-9-4-2-3-6-11(15)13(17)18/h5,7-8,11H,2-4,6,9H2,1H3,(H,17,18). The Hall–Kier alpha value is -1.78. The number of carboxylic acid groups (broad SMARTS) is 1. The first-order chi connectivity index (χ1) is 8.61. The van der Waals surface area contributed by atoms with E-state index in [4.69, 9.17) is 0 Å². The van der Waals surface area contributed by atoms with E-state index in [9.17, 15) is 14.7 Å². The lowest BCUT2D eigenvalue weighted by Crippen LogP contribution is -2.45. The number of hydrogen-bond acceptors (Lipinski definition) is 2. The maximum atomic E-state index is 12.4. The number of aromatic nitrogens is 1. The normalized spacial score (nSPS) is 20.5. The quantitative estimate of drug-likeness (QED) is 0.865. The van der Waals surface area contributed by atoms with Crippen LogP contribution in [0.25, 0.3) is 0 Å². The van der Waals surface area contributed by atoms with Crippen molar-refractivity contribution in [2.24, 2.45) is 7.05 Å². The smallest absolute Gasteiger partial charge is 0.326 e. The first-order valence-electron chi connectivity index (χ1n) is 6.26. The molecule has 1 saturated heterocycles. The van der Waals surface area contributed by atoms with Crippen molar-refractivity contribution < 1.29 is 14.7 Å². The van der Waals surface area contributed by atoms with Crippen molar-refractivity contribution in [1.29, 1.82) is 0 Å². The van der Waals surface area contributed by atoms with Crippen molar-refractivity contribution >= 4 is 11.9 Å². The molecule has 0 aromatic carbocycles. The summed E-state index contributed by atoms with van der Waals surface area (Å²) in [6.45, 7) is 0.529. The average Bonchev–Trinajstić information content (AvgIpc) is 2.63. The Morgan fingerprint density at radius 3 is 2.72 bits per heavy atom. The summed E-state index contributed by atoms with van der Waals surface area (Å²) >= 11 is 0. The van der Waals surface area contributed by atoms with Gasteiger partial charge < -0.3 is 14.6 Å². The molecule has 1 atom stereocenters. The number of amides is 1. The number of nitrogens with zero attached hydrogens (tertiary/aromatic N) is 2. The van der Waals surface area contributed by atoms with Gasteiger partial charge in [-0.25, -0.2) is 4.79 Å². The molecule has 1 unspecified atom stereocenters. The number of aliphatic carboxylic acids is 1. The highest BCUT2D eigenvalue weighted by Gasteiger charge is 2.31. The van der Waals surface area contributed by atoms with Crippen LogP contribution in [0.5, 0.6) is 0 Å². The van der Waals surface area contributed by atoms with Crippen LogP contribution < -0.4 is 0 Å². The van der Waals surface area contributed by atoms with E-state index >= 15 is 0 Å². The van der Waals surface area contributed by atoms with Gasteiger partial charge in [0.05, 0.1) is 0 Å². The molecule has 0 aliphatic carbocycles. The monoisotopic (exact) mass is 250 g/mol. The molecule has 1 N–H and O–H groups in total. The van der Waals surface area contributed by atoms with E-state index in [1.807, 2.05) is 0 Å². The number of hydrogen-bond donors (Lipinski definition) is 1. The average molecular weight is 250 g/mol. The molecule has 98 valence electrons. The van der Waals surface area contributed by atoms with E-state index in [2.05, 4.69) is 0 Å². The van der Waals surface area contributed by atoms with Crippen LogP contribution in [0.3, 0.4) is 0 Å². The third-order valence-electron chi connectivity index (χ3n) is 3.46. The number of rotatable bonds is 2. The predicted molar refractivity (Wildman–Crippen MR) is 66.3 cm³/mol. The summed E-state index contributed by atoms with van der Waals surface area (Å²) in [6.07, 6.45) is 5.07. The van der Waals surface area contributed by atoms with Crippen LogP contribution in [0, 0.1) is 0 Å². The van der Waals surface area contributed by atoms with Crippen LogP contribution in [-0.4, -0.2) is 39.0 Å². The fraction of sp³-hybridized carbons (Fsp3) is 0.538. The van der Waals surface area contributed by atoms with E-state index < -0.39 is 12.0 Å². The first kappa shape index (κ1) is 12.7. The Balaban J connectivity index is 2.25. The van der Waals surface area contributed by atoms with Gasteiger partial charge in [0, 0.05) is 19.8 Å². The molecule has 1 aliphatic rings. The van der Waals surface area contributed by atoms with Crippen LogP contribution >= 0.6 is 0 Å². The van der Waals surface area contributed by atoms with Gasteiger partial charge in [0.25, 0.3) is 5.91 Å². The number of carboxylic acids is 1. The van der Waals surface area contributed by atoms with Crippen molar-refractivity contribution in [3.05, 3.63) is 24.0 Å². The van der Waals surface area contributed by atoms with Crippen molar-refractivity contribution in [3.63, 3.8) is 0 Å². The van der Waals surface area contributed by atoms with Crippen LogP contribution in [-0.2, 0) is 11.8 Å². The summed E-state index contributed by atoms with van der Waals surface area (Å²) in [5.74, 6) is -1.09.